The van der Waals surface area contributed by atoms with Gasteiger partial charge in [0.15, 0.2) is 0 Å². The van der Waals surface area contributed by atoms with Gasteiger partial charge in [-0.1, -0.05) is 0 Å². The first kappa shape index (κ1) is 15.6. The molecule has 2 aliphatic rings. The lowest BCUT2D eigenvalue weighted by molar-refractivity contribution is -0.248. The fraction of sp³-hybridized carbons (Fsp3) is 0.909. The van der Waals surface area contributed by atoms with Gasteiger partial charge in [0.25, 0.3) is 0 Å². The number of hydrazine groups is 1. The SMILES string of the molecule is O=C(O)[C@@H]1CCCN1NC1O[C@H](CO)[C@@H](O)[C@H](O)[C@H]1O. The predicted molar refractivity (Wildman–Crippen MR) is 64.3 cm³/mol. The molecule has 6 atom stereocenters. The van der Waals surface area contributed by atoms with E-state index in [9.17, 15) is 20.1 Å². The van der Waals surface area contributed by atoms with Gasteiger partial charge < -0.3 is 30.3 Å². The molecule has 20 heavy (non-hydrogen) atoms. The van der Waals surface area contributed by atoms with Crippen LogP contribution in [0.15, 0.2) is 0 Å². The van der Waals surface area contributed by atoms with Crippen molar-refractivity contribution in [3.05, 3.63) is 0 Å². The summed E-state index contributed by atoms with van der Waals surface area (Å²) in [5.41, 5.74) is 2.71. The van der Waals surface area contributed by atoms with E-state index < -0.39 is 49.3 Å². The van der Waals surface area contributed by atoms with E-state index in [0.29, 0.717) is 19.4 Å². The first-order valence-electron chi connectivity index (χ1n) is 6.52. The van der Waals surface area contributed by atoms with Crippen LogP contribution in [0.2, 0.25) is 0 Å². The first-order chi connectivity index (χ1) is 9.45. The van der Waals surface area contributed by atoms with E-state index in [1.807, 2.05) is 0 Å². The number of aliphatic hydroxyl groups excluding tert-OH is 4. The van der Waals surface area contributed by atoms with Crippen LogP contribution in [0, 0.1) is 0 Å². The number of carboxylic acid groups (broad SMARTS) is 1. The fourth-order valence-electron chi connectivity index (χ4n) is 2.55. The third-order valence-electron chi connectivity index (χ3n) is 3.72. The zero-order valence-electron chi connectivity index (χ0n) is 10.8. The number of aliphatic hydroxyl groups is 4. The van der Waals surface area contributed by atoms with Gasteiger partial charge >= 0.3 is 5.97 Å². The minimum Gasteiger partial charge on any atom is -0.480 e. The summed E-state index contributed by atoms with van der Waals surface area (Å²) < 4.78 is 5.26. The summed E-state index contributed by atoms with van der Waals surface area (Å²) in [6.07, 6.45) is -5.29. The maximum atomic E-state index is 11.1. The number of aliphatic carboxylic acids is 1. The molecule has 0 saturated carbocycles. The third-order valence-corrected chi connectivity index (χ3v) is 3.72. The second-order valence-corrected chi connectivity index (χ2v) is 5.07. The Morgan fingerprint density at radius 1 is 1.25 bits per heavy atom. The molecule has 0 radical (unpaired) electrons. The van der Waals surface area contributed by atoms with Gasteiger partial charge in [-0.25, -0.2) is 10.4 Å². The Labute approximate surface area is 115 Å². The Hall–Kier alpha value is -0.810. The van der Waals surface area contributed by atoms with Gasteiger partial charge in [0.05, 0.1) is 6.61 Å². The summed E-state index contributed by atoms with van der Waals surface area (Å²) in [7, 11) is 0. The van der Waals surface area contributed by atoms with Crippen LogP contribution in [0.25, 0.3) is 0 Å². The van der Waals surface area contributed by atoms with Crippen molar-refractivity contribution in [2.24, 2.45) is 0 Å². The molecule has 2 aliphatic heterocycles. The van der Waals surface area contributed by atoms with Crippen molar-refractivity contribution in [3.63, 3.8) is 0 Å². The quantitative estimate of drug-likeness (QED) is 0.316. The number of ether oxygens (including phenoxy) is 1. The molecule has 9 nitrogen and oxygen atoms in total. The minimum absolute atomic E-state index is 0.464. The smallest absolute Gasteiger partial charge is 0.322 e. The molecule has 6 N–H and O–H groups in total. The zero-order chi connectivity index (χ0) is 14.9. The Kier molecular flexibility index (Phi) is 4.91. The van der Waals surface area contributed by atoms with Crippen LogP contribution >= 0.6 is 0 Å². The van der Waals surface area contributed by atoms with Gasteiger partial charge in [-0.05, 0) is 12.8 Å². The van der Waals surface area contributed by atoms with E-state index in [1.54, 1.807) is 0 Å². The largest absolute Gasteiger partial charge is 0.480 e. The van der Waals surface area contributed by atoms with Gasteiger partial charge in [-0.3, -0.25) is 4.79 Å². The monoisotopic (exact) mass is 292 g/mol. The van der Waals surface area contributed by atoms with E-state index in [0.717, 1.165) is 0 Å². The van der Waals surface area contributed by atoms with Crippen molar-refractivity contribution < 1.29 is 35.1 Å². The molecule has 2 fully saturated rings. The highest BCUT2D eigenvalue weighted by atomic mass is 16.6. The maximum absolute atomic E-state index is 11.1. The molecule has 1 unspecified atom stereocenters. The second kappa shape index (κ2) is 6.31. The molecule has 0 aromatic rings. The molecule has 0 aromatic heterocycles. The van der Waals surface area contributed by atoms with Gasteiger partial charge in [-0.15, -0.1) is 0 Å². The van der Waals surface area contributed by atoms with E-state index >= 15 is 0 Å². The van der Waals surface area contributed by atoms with Gasteiger partial charge in [0, 0.05) is 6.54 Å². The zero-order valence-corrected chi connectivity index (χ0v) is 10.8. The minimum atomic E-state index is -1.48. The highest BCUT2D eigenvalue weighted by Crippen LogP contribution is 2.22. The molecule has 2 saturated heterocycles. The summed E-state index contributed by atoms with van der Waals surface area (Å²) in [5, 5.41) is 48.7. The van der Waals surface area contributed by atoms with Crippen molar-refractivity contribution in [1.82, 2.24) is 10.4 Å². The van der Waals surface area contributed by atoms with Gasteiger partial charge in [-0.2, -0.15) is 0 Å². The average molecular weight is 292 g/mol. The maximum Gasteiger partial charge on any atom is 0.322 e. The summed E-state index contributed by atoms with van der Waals surface area (Å²) in [5.74, 6) is -0.986. The van der Waals surface area contributed by atoms with Crippen molar-refractivity contribution in [2.45, 2.75) is 49.5 Å². The molecule has 2 heterocycles. The lowest BCUT2D eigenvalue weighted by Crippen LogP contribution is -2.65. The standard InChI is InChI=1S/C11H20N2O7/c14-4-6-7(15)8(16)9(17)10(20-6)12-13-3-1-2-5(13)11(18)19/h5-10,12,14-17H,1-4H2,(H,18,19)/t5-,6+,7+,8-,9+,10?/m0/s1. The number of rotatable bonds is 4. The van der Waals surface area contributed by atoms with Crippen molar-refractivity contribution >= 4 is 5.97 Å². The van der Waals surface area contributed by atoms with Crippen LogP contribution in [-0.2, 0) is 9.53 Å². The first-order valence-corrected chi connectivity index (χ1v) is 6.52. The Morgan fingerprint density at radius 2 is 1.95 bits per heavy atom. The lowest BCUT2D eigenvalue weighted by atomic mass is 9.99. The molecule has 2 rings (SSSR count). The lowest BCUT2D eigenvalue weighted by Gasteiger charge is -2.42. The summed E-state index contributed by atoms with van der Waals surface area (Å²) in [6.45, 7) is -0.0581. The molecule has 0 aliphatic carbocycles. The molecule has 0 bridgehead atoms. The number of hydrogen-bond acceptors (Lipinski definition) is 8. The van der Waals surface area contributed by atoms with E-state index in [2.05, 4.69) is 5.43 Å². The summed E-state index contributed by atoms with van der Waals surface area (Å²) in [4.78, 5) is 11.1. The van der Waals surface area contributed by atoms with Crippen LogP contribution < -0.4 is 5.43 Å². The number of carbonyl (C=O) groups is 1. The molecule has 9 heteroatoms. The van der Waals surface area contributed by atoms with Gasteiger partial charge in [0.1, 0.15) is 36.7 Å². The molecule has 116 valence electrons. The molecule has 0 amide bonds. The summed E-state index contributed by atoms with van der Waals surface area (Å²) >= 11 is 0. The van der Waals surface area contributed by atoms with Crippen LogP contribution in [0.1, 0.15) is 12.8 Å². The topological polar surface area (TPSA) is 143 Å². The molecule has 0 spiro atoms. The number of nitrogens with one attached hydrogen (secondary N) is 1. The molecule has 0 aromatic carbocycles. The number of nitrogens with zero attached hydrogens (tertiary/aromatic N) is 1. The van der Waals surface area contributed by atoms with Crippen LogP contribution in [0.4, 0.5) is 0 Å². The van der Waals surface area contributed by atoms with Crippen molar-refractivity contribution in [1.29, 1.82) is 0 Å². The van der Waals surface area contributed by atoms with Crippen LogP contribution in [-0.4, -0.2) is 86.3 Å². The van der Waals surface area contributed by atoms with Crippen molar-refractivity contribution in [2.75, 3.05) is 13.2 Å². The highest BCUT2D eigenvalue weighted by molar-refractivity contribution is 5.73. The predicted octanol–water partition coefficient (Wildman–Crippen LogP) is -3.16. The van der Waals surface area contributed by atoms with E-state index in [1.165, 1.54) is 5.01 Å². The number of carboxylic acids is 1. The molecular weight excluding hydrogens is 272 g/mol. The van der Waals surface area contributed by atoms with E-state index in [4.69, 9.17) is 14.9 Å². The van der Waals surface area contributed by atoms with Gasteiger partial charge in [0.2, 0.25) is 0 Å². The normalized spacial score (nSPS) is 42.8. The third kappa shape index (κ3) is 2.93. The van der Waals surface area contributed by atoms with E-state index in [-0.39, 0.29) is 0 Å². The second-order valence-electron chi connectivity index (χ2n) is 5.07. The Morgan fingerprint density at radius 3 is 2.55 bits per heavy atom. The Balaban J connectivity index is 2.02. The summed E-state index contributed by atoms with van der Waals surface area (Å²) in [6, 6.07) is -0.734. The highest BCUT2D eigenvalue weighted by Gasteiger charge is 2.45. The van der Waals surface area contributed by atoms with Crippen LogP contribution in [0.5, 0.6) is 0 Å². The molecular formula is C11H20N2O7. The van der Waals surface area contributed by atoms with Crippen molar-refractivity contribution in [3.8, 4) is 0 Å². The average Bonchev–Trinajstić information content (AvgIpc) is 2.87. The Bertz CT molecular complexity index is 354. The fourth-order valence-corrected chi connectivity index (χ4v) is 2.55. The number of hydrogen-bond donors (Lipinski definition) is 6. The van der Waals surface area contributed by atoms with Crippen LogP contribution in [0.3, 0.4) is 0 Å².